The summed E-state index contributed by atoms with van der Waals surface area (Å²) in [7, 11) is -3.23. The topological polar surface area (TPSA) is 49.4 Å². The van der Waals surface area contributed by atoms with E-state index in [9.17, 15) is 8.42 Å². The number of benzene rings is 1. The van der Waals surface area contributed by atoms with E-state index in [0.29, 0.717) is 11.7 Å². The summed E-state index contributed by atoms with van der Waals surface area (Å²) in [5, 5.41) is 0. The number of hydrogen-bond donors (Lipinski definition) is 1. The van der Waals surface area contributed by atoms with Gasteiger partial charge in [-0.25, -0.2) is 8.42 Å². The Morgan fingerprint density at radius 3 is 2.84 bits per heavy atom. The largest absolute Gasteiger partial charge is 0.300 e. The molecule has 5 heteroatoms. The molecule has 1 heterocycles. The van der Waals surface area contributed by atoms with E-state index in [0.717, 1.165) is 5.92 Å². The summed E-state index contributed by atoms with van der Waals surface area (Å²) < 4.78 is 25.7. The molecule has 2 fully saturated rings. The van der Waals surface area contributed by atoms with Crippen LogP contribution in [0.2, 0.25) is 0 Å². The molecule has 0 spiro atoms. The van der Waals surface area contributed by atoms with Crippen LogP contribution in [0.3, 0.4) is 0 Å². The average molecular weight is 365 g/mol. The SMILES string of the molecule is CC(C)CCN1CCC2(c3cccc(NS(C)(=O)=O)c3)CCCC1C2. The second kappa shape index (κ2) is 7.28. The van der Waals surface area contributed by atoms with Crippen molar-refractivity contribution in [2.75, 3.05) is 24.1 Å². The first-order chi connectivity index (χ1) is 11.8. The molecule has 0 radical (unpaired) electrons. The van der Waals surface area contributed by atoms with Crippen molar-refractivity contribution < 1.29 is 8.42 Å². The van der Waals surface area contributed by atoms with Crippen molar-refractivity contribution in [1.29, 1.82) is 0 Å². The van der Waals surface area contributed by atoms with E-state index in [1.807, 2.05) is 12.1 Å². The van der Waals surface area contributed by atoms with Gasteiger partial charge in [0.15, 0.2) is 0 Å². The molecular weight excluding hydrogens is 332 g/mol. The van der Waals surface area contributed by atoms with Gasteiger partial charge in [-0.15, -0.1) is 0 Å². The zero-order chi connectivity index (χ0) is 18.1. The maximum Gasteiger partial charge on any atom is 0.229 e. The highest BCUT2D eigenvalue weighted by Gasteiger charge is 2.43. The summed E-state index contributed by atoms with van der Waals surface area (Å²) in [6.45, 7) is 6.99. The second-order valence-electron chi connectivity index (χ2n) is 8.45. The molecule has 1 saturated heterocycles. The van der Waals surface area contributed by atoms with Crippen LogP contribution in [0.25, 0.3) is 0 Å². The third-order valence-electron chi connectivity index (χ3n) is 5.98. The molecule has 1 saturated carbocycles. The predicted molar refractivity (Wildman–Crippen MR) is 104 cm³/mol. The van der Waals surface area contributed by atoms with Crippen LogP contribution in [0.1, 0.15) is 57.9 Å². The predicted octanol–water partition coefficient (Wildman–Crippen LogP) is 3.99. The van der Waals surface area contributed by atoms with Crippen molar-refractivity contribution in [1.82, 2.24) is 4.90 Å². The molecule has 1 aromatic rings. The Morgan fingerprint density at radius 1 is 1.32 bits per heavy atom. The highest BCUT2D eigenvalue weighted by Crippen LogP contribution is 2.47. The van der Waals surface area contributed by atoms with Gasteiger partial charge in [0.2, 0.25) is 10.0 Å². The molecule has 2 aliphatic rings. The number of nitrogens with one attached hydrogen (secondary N) is 1. The average Bonchev–Trinajstić information content (AvgIpc) is 2.53. The van der Waals surface area contributed by atoms with E-state index in [2.05, 4.69) is 35.6 Å². The Balaban J connectivity index is 1.77. The summed E-state index contributed by atoms with van der Waals surface area (Å²) in [6, 6.07) is 8.78. The number of rotatable bonds is 6. The lowest BCUT2D eigenvalue weighted by molar-refractivity contribution is 0.0485. The highest BCUT2D eigenvalue weighted by molar-refractivity contribution is 7.92. The van der Waals surface area contributed by atoms with E-state index >= 15 is 0 Å². The minimum absolute atomic E-state index is 0.229. The van der Waals surface area contributed by atoms with Crippen LogP contribution >= 0.6 is 0 Å². The van der Waals surface area contributed by atoms with Crippen LogP contribution in [0.5, 0.6) is 0 Å². The number of anilines is 1. The fourth-order valence-corrected chi connectivity index (χ4v) is 5.22. The molecule has 0 amide bonds. The zero-order valence-corrected chi connectivity index (χ0v) is 16.6. The summed E-state index contributed by atoms with van der Waals surface area (Å²) in [5.41, 5.74) is 2.24. The van der Waals surface area contributed by atoms with Crippen molar-refractivity contribution in [3.8, 4) is 0 Å². The Morgan fingerprint density at radius 2 is 2.12 bits per heavy atom. The first kappa shape index (κ1) is 18.7. The van der Waals surface area contributed by atoms with Gasteiger partial charge in [-0.2, -0.15) is 0 Å². The summed E-state index contributed by atoms with van der Waals surface area (Å²) in [6.07, 6.45) is 8.69. The van der Waals surface area contributed by atoms with Gasteiger partial charge in [0, 0.05) is 11.7 Å². The molecule has 1 N–H and O–H groups in total. The molecule has 2 atom stereocenters. The number of sulfonamides is 1. The zero-order valence-electron chi connectivity index (χ0n) is 15.8. The van der Waals surface area contributed by atoms with Gasteiger partial charge in [0.05, 0.1) is 6.26 Å². The van der Waals surface area contributed by atoms with E-state index in [1.54, 1.807) is 0 Å². The number of fused-ring (bicyclic) bond motifs is 2. The number of nitrogens with zero attached hydrogens (tertiary/aromatic N) is 1. The quantitative estimate of drug-likeness (QED) is 0.830. The Bertz CT molecular complexity index is 701. The molecule has 3 rings (SSSR count). The monoisotopic (exact) mass is 364 g/mol. The molecule has 1 aliphatic heterocycles. The van der Waals surface area contributed by atoms with Crippen molar-refractivity contribution in [2.45, 2.75) is 63.8 Å². The molecule has 4 nitrogen and oxygen atoms in total. The Labute approximate surface area is 153 Å². The fourth-order valence-electron chi connectivity index (χ4n) is 4.66. The smallest absolute Gasteiger partial charge is 0.229 e. The third kappa shape index (κ3) is 4.56. The lowest BCUT2D eigenvalue weighted by atomic mass is 9.63. The van der Waals surface area contributed by atoms with E-state index in [4.69, 9.17) is 0 Å². The molecule has 2 bridgehead atoms. The normalized spacial score (nSPS) is 27.4. The summed E-state index contributed by atoms with van der Waals surface area (Å²) in [5.74, 6) is 0.758. The van der Waals surface area contributed by atoms with Gasteiger partial charge in [0.1, 0.15) is 0 Å². The lowest BCUT2D eigenvalue weighted by Crippen LogP contribution is -2.52. The molecule has 1 aliphatic carbocycles. The van der Waals surface area contributed by atoms with Crippen molar-refractivity contribution in [3.05, 3.63) is 29.8 Å². The van der Waals surface area contributed by atoms with E-state index in [1.165, 1.54) is 63.4 Å². The Kier molecular flexibility index (Phi) is 5.45. The molecule has 2 unspecified atom stereocenters. The van der Waals surface area contributed by atoms with Crippen LogP contribution in [0.4, 0.5) is 5.69 Å². The molecule has 140 valence electrons. The number of hydrogen-bond acceptors (Lipinski definition) is 3. The van der Waals surface area contributed by atoms with Gasteiger partial charge in [-0.1, -0.05) is 32.4 Å². The minimum atomic E-state index is -3.23. The maximum absolute atomic E-state index is 11.6. The number of piperidine rings is 1. The van der Waals surface area contributed by atoms with Gasteiger partial charge in [-0.05, 0) is 74.2 Å². The van der Waals surface area contributed by atoms with Crippen LogP contribution in [-0.4, -0.2) is 38.7 Å². The van der Waals surface area contributed by atoms with Crippen LogP contribution in [0, 0.1) is 5.92 Å². The summed E-state index contributed by atoms with van der Waals surface area (Å²) in [4.78, 5) is 2.70. The van der Waals surface area contributed by atoms with E-state index < -0.39 is 10.0 Å². The third-order valence-corrected chi connectivity index (χ3v) is 6.59. The molecule has 0 aromatic heterocycles. The van der Waals surface area contributed by atoms with Crippen LogP contribution in [-0.2, 0) is 15.4 Å². The number of likely N-dealkylation sites (tertiary alicyclic amines) is 1. The molecular formula is C20H32N2O2S. The fraction of sp³-hybridized carbons (Fsp3) is 0.700. The first-order valence-electron chi connectivity index (χ1n) is 9.60. The Hall–Kier alpha value is -1.07. The maximum atomic E-state index is 11.6. The van der Waals surface area contributed by atoms with Crippen molar-refractivity contribution in [3.63, 3.8) is 0 Å². The van der Waals surface area contributed by atoms with Gasteiger partial charge in [0.25, 0.3) is 0 Å². The van der Waals surface area contributed by atoms with Crippen LogP contribution in [0.15, 0.2) is 24.3 Å². The summed E-state index contributed by atoms with van der Waals surface area (Å²) >= 11 is 0. The van der Waals surface area contributed by atoms with Gasteiger partial charge in [-0.3, -0.25) is 4.72 Å². The van der Waals surface area contributed by atoms with Crippen molar-refractivity contribution in [2.24, 2.45) is 5.92 Å². The van der Waals surface area contributed by atoms with Gasteiger partial charge >= 0.3 is 0 Å². The van der Waals surface area contributed by atoms with Gasteiger partial charge < -0.3 is 4.90 Å². The standard InChI is InChI=1S/C20H32N2O2S/c1-16(2)9-12-22-13-11-20(10-5-8-19(22)15-20)17-6-4-7-18(14-17)21-25(3,23)24/h4,6-7,14,16,19,21H,5,8-13,15H2,1-3H3. The minimum Gasteiger partial charge on any atom is -0.300 e. The lowest BCUT2D eigenvalue weighted by Gasteiger charge is -2.51. The van der Waals surface area contributed by atoms with Crippen LogP contribution < -0.4 is 4.72 Å². The van der Waals surface area contributed by atoms with E-state index in [-0.39, 0.29) is 5.41 Å². The first-order valence-corrected chi connectivity index (χ1v) is 11.5. The highest BCUT2D eigenvalue weighted by atomic mass is 32.2. The molecule has 25 heavy (non-hydrogen) atoms. The second-order valence-corrected chi connectivity index (χ2v) is 10.2. The van der Waals surface area contributed by atoms with Crippen molar-refractivity contribution >= 4 is 15.7 Å². The molecule has 1 aromatic carbocycles.